The van der Waals surface area contributed by atoms with Crippen LogP contribution in [-0.4, -0.2) is 47.6 Å². The van der Waals surface area contributed by atoms with Crippen molar-refractivity contribution in [3.8, 4) is 0 Å². The molecule has 0 aromatic carbocycles. The molecular weight excluding hydrogens is 220 g/mol. The predicted octanol–water partition coefficient (Wildman–Crippen LogP) is 0.452. The van der Waals surface area contributed by atoms with Crippen LogP contribution in [0.25, 0.3) is 0 Å². The molecule has 0 aromatic rings. The quantitative estimate of drug-likeness (QED) is 0.735. The number of aliphatic carboxylic acids is 1. The Hall–Kier alpha value is -1.10. The summed E-state index contributed by atoms with van der Waals surface area (Å²) in [5.41, 5.74) is 0. The second-order valence-electron chi connectivity index (χ2n) is 4.92. The highest BCUT2D eigenvalue weighted by molar-refractivity contribution is 5.85. The molecule has 96 valence electrons. The van der Waals surface area contributed by atoms with Crippen molar-refractivity contribution in [1.82, 2.24) is 10.2 Å². The average Bonchev–Trinajstić information content (AvgIpc) is 2.39. The summed E-state index contributed by atoms with van der Waals surface area (Å²) in [5.74, 6) is -0.852. The first kappa shape index (κ1) is 12.4. The van der Waals surface area contributed by atoms with Crippen LogP contribution in [0.3, 0.4) is 0 Å². The zero-order valence-electron chi connectivity index (χ0n) is 10.0. The summed E-state index contributed by atoms with van der Waals surface area (Å²) in [6, 6.07) is -0.599. The SMILES string of the molecule is O=C(O)C1CCCCN1C(=O)C1CCCNC1. The minimum absolute atomic E-state index is 0.0244. The topological polar surface area (TPSA) is 69.6 Å². The Bertz CT molecular complexity index is 300. The number of nitrogens with zero attached hydrogens (tertiary/aromatic N) is 1. The molecule has 2 fully saturated rings. The number of carbonyl (C=O) groups is 2. The summed E-state index contributed by atoms with van der Waals surface area (Å²) in [6.45, 7) is 2.26. The number of piperidine rings is 2. The number of nitrogens with one attached hydrogen (secondary N) is 1. The van der Waals surface area contributed by atoms with Crippen LogP contribution < -0.4 is 5.32 Å². The van der Waals surface area contributed by atoms with Crippen molar-refractivity contribution in [2.45, 2.75) is 38.1 Å². The van der Waals surface area contributed by atoms with Gasteiger partial charge in [-0.05, 0) is 38.6 Å². The standard InChI is InChI=1S/C12H20N2O3/c15-11(9-4-3-6-13-8-9)14-7-2-1-5-10(14)12(16)17/h9-10,13H,1-8H2,(H,16,17). The molecule has 2 rings (SSSR count). The molecule has 1 amide bonds. The summed E-state index contributed by atoms with van der Waals surface area (Å²) in [7, 11) is 0. The number of amides is 1. The van der Waals surface area contributed by atoms with Gasteiger partial charge in [0.25, 0.3) is 0 Å². The molecule has 0 saturated carbocycles. The maximum atomic E-state index is 12.3. The van der Waals surface area contributed by atoms with Gasteiger partial charge in [-0.3, -0.25) is 4.79 Å². The molecule has 5 heteroatoms. The Labute approximate surface area is 101 Å². The van der Waals surface area contributed by atoms with E-state index in [0.717, 1.165) is 32.2 Å². The molecule has 2 atom stereocenters. The van der Waals surface area contributed by atoms with Crippen molar-refractivity contribution >= 4 is 11.9 Å². The van der Waals surface area contributed by atoms with Crippen LogP contribution in [0.15, 0.2) is 0 Å². The van der Waals surface area contributed by atoms with Gasteiger partial charge in [0.1, 0.15) is 6.04 Å². The van der Waals surface area contributed by atoms with Crippen molar-refractivity contribution in [3.63, 3.8) is 0 Å². The van der Waals surface area contributed by atoms with Gasteiger partial charge in [0, 0.05) is 13.1 Å². The second kappa shape index (κ2) is 5.49. The van der Waals surface area contributed by atoms with E-state index in [1.807, 2.05) is 0 Å². The van der Waals surface area contributed by atoms with Gasteiger partial charge in [-0.25, -0.2) is 4.79 Å². The maximum absolute atomic E-state index is 12.3. The monoisotopic (exact) mass is 240 g/mol. The third-order valence-corrected chi connectivity index (χ3v) is 3.72. The van der Waals surface area contributed by atoms with Crippen molar-refractivity contribution in [2.75, 3.05) is 19.6 Å². The minimum Gasteiger partial charge on any atom is -0.480 e. The van der Waals surface area contributed by atoms with Gasteiger partial charge in [0.2, 0.25) is 5.91 Å². The number of carbonyl (C=O) groups excluding carboxylic acids is 1. The molecule has 2 aliphatic heterocycles. The van der Waals surface area contributed by atoms with E-state index in [4.69, 9.17) is 5.11 Å². The Kier molecular flexibility index (Phi) is 3.99. The number of hydrogen-bond donors (Lipinski definition) is 2. The molecule has 2 heterocycles. The number of carboxylic acids is 1. The summed E-state index contributed by atoms with van der Waals surface area (Å²) in [6.07, 6.45) is 4.32. The van der Waals surface area contributed by atoms with Gasteiger partial charge < -0.3 is 15.3 Å². The predicted molar refractivity (Wildman–Crippen MR) is 62.6 cm³/mol. The van der Waals surface area contributed by atoms with Crippen LogP contribution in [0, 0.1) is 5.92 Å². The van der Waals surface area contributed by atoms with Crippen LogP contribution in [0.2, 0.25) is 0 Å². The van der Waals surface area contributed by atoms with E-state index in [-0.39, 0.29) is 11.8 Å². The fraction of sp³-hybridized carbons (Fsp3) is 0.833. The molecule has 0 aliphatic carbocycles. The first-order chi connectivity index (χ1) is 8.20. The zero-order chi connectivity index (χ0) is 12.3. The number of hydrogen-bond acceptors (Lipinski definition) is 3. The normalized spacial score (nSPS) is 30.0. The first-order valence-electron chi connectivity index (χ1n) is 6.44. The van der Waals surface area contributed by atoms with E-state index < -0.39 is 12.0 Å². The molecule has 2 saturated heterocycles. The molecular formula is C12H20N2O3. The highest BCUT2D eigenvalue weighted by atomic mass is 16.4. The Morgan fingerprint density at radius 1 is 1.18 bits per heavy atom. The van der Waals surface area contributed by atoms with Crippen LogP contribution in [0.1, 0.15) is 32.1 Å². The second-order valence-corrected chi connectivity index (χ2v) is 4.92. The van der Waals surface area contributed by atoms with Crippen molar-refractivity contribution < 1.29 is 14.7 Å². The fourth-order valence-corrected chi connectivity index (χ4v) is 2.75. The van der Waals surface area contributed by atoms with Gasteiger partial charge in [-0.1, -0.05) is 0 Å². The molecule has 0 spiro atoms. The van der Waals surface area contributed by atoms with Gasteiger partial charge in [-0.15, -0.1) is 0 Å². The third kappa shape index (κ3) is 2.77. The van der Waals surface area contributed by atoms with E-state index in [9.17, 15) is 9.59 Å². The van der Waals surface area contributed by atoms with Crippen LogP contribution in [0.5, 0.6) is 0 Å². The maximum Gasteiger partial charge on any atom is 0.326 e. The van der Waals surface area contributed by atoms with Crippen molar-refractivity contribution in [1.29, 1.82) is 0 Å². The average molecular weight is 240 g/mol. The van der Waals surface area contributed by atoms with Gasteiger partial charge in [0.15, 0.2) is 0 Å². The molecule has 0 radical (unpaired) electrons. The summed E-state index contributed by atoms with van der Waals surface area (Å²) in [4.78, 5) is 25.0. The number of likely N-dealkylation sites (tertiary alicyclic amines) is 1. The zero-order valence-corrected chi connectivity index (χ0v) is 10.0. The Balaban J connectivity index is 2.02. The lowest BCUT2D eigenvalue weighted by atomic mass is 9.94. The molecule has 0 bridgehead atoms. The summed E-state index contributed by atoms with van der Waals surface area (Å²) < 4.78 is 0. The lowest BCUT2D eigenvalue weighted by Crippen LogP contribution is -2.52. The van der Waals surface area contributed by atoms with Crippen LogP contribution in [0.4, 0.5) is 0 Å². The minimum atomic E-state index is -0.859. The van der Waals surface area contributed by atoms with E-state index >= 15 is 0 Å². The number of carboxylic acid groups (broad SMARTS) is 1. The summed E-state index contributed by atoms with van der Waals surface area (Å²) in [5, 5.41) is 12.4. The molecule has 0 aromatic heterocycles. The molecule has 5 nitrogen and oxygen atoms in total. The van der Waals surface area contributed by atoms with Gasteiger partial charge >= 0.3 is 5.97 Å². The highest BCUT2D eigenvalue weighted by Crippen LogP contribution is 2.22. The van der Waals surface area contributed by atoms with Crippen molar-refractivity contribution in [2.24, 2.45) is 5.92 Å². The Morgan fingerprint density at radius 2 is 2.00 bits per heavy atom. The van der Waals surface area contributed by atoms with E-state index in [1.165, 1.54) is 0 Å². The lowest BCUT2D eigenvalue weighted by molar-refractivity contribution is -0.154. The van der Waals surface area contributed by atoms with Gasteiger partial charge in [0.05, 0.1) is 5.92 Å². The highest BCUT2D eigenvalue weighted by Gasteiger charge is 2.35. The molecule has 2 aliphatic rings. The largest absolute Gasteiger partial charge is 0.480 e. The van der Waals surface area contributed by atoms with E-state index in [2.05, 4.69) is 5.32 Å². The molecule has 2 N–H and O–H groups in total. The summed E-state index contributed by atoms with van der Waals surface area (Å²) >= 11 is 0. The van der Waals surface area contributed by atoms with Gasteiger partial charge in [-0.2, -0.15) is 0 Å². The third-order valence-electron chi connectivity index (χ3n) is 3.72. The first-order valence-corrected chi connectivity index (χ1v) is 6.44. The lowest BCUT2D eigenvalue weighted by Gasteiger charge is -2.36. The number of rotatable bonds is 2. The molecule has 2 unspecified atom stereocenters. The fourth-order valence-electron chi connectivity index (χ4n) is 2.75. The van der Waals surface area contributed by atoms with E-state index in [0.29, 0.717) is 19.5 Å². The molecule has 17 heavy (non-hydrogen) atoms. The van der Waals surface area contributed by atoms with Crippen LogP contribution in [-0.2, 0) is 9.59 Å². The van der Waals surface area contributed by atoms with Crippen molar-refractivity contribution in [3.05, 3.63) is 0 Å². The van der Waals surface area contributed by atoms with Crippen LogP contribution >= 0.6 is 0 Å². The smallest absolute Gasteiger partial charge is 0.326 e. The van der Waals surface area contributed by atoms with E-state index in [1.54, 1.807) is 4.90 Å². The Morgan fingerprint density at radius 3 is 2.65 bits per heavy atom.